The van der Waals surface area contributed by atoms with Gasteiger partial charge in [-0.15, -0.1) is 0 Å². The van der Waals surface area contributed by atoms with Gasteiger partial charge in [0.1, 0.15) is 5.75 Å². The molecule has 0 saturated carbocycles. The molecule has 0 aliphatic carbocycles. The van der Waals surface area contributed by atoms with Crippen molar-refractivity contribution in [2.75, 3.05) is 12.4 Å². The fourth-order valence-electron chi connectivity index (χ4n) is 2.42. The molecule has 0 spiro atoms. The Bertz CT molecular complexity index is 921. The number of methoxy groups -OCH3 is 1. The predicted octanol–water partition coefficient (Wildman–Crippen LogP) is 5.11. The number of carbonyl (C=O) groups is 1. The number of anilines is 1. The van der Waals surface area contributed by atoms with Gasteiger partial charge in [0.2, 0.25) is 0 Å². The molecule has 4 nitrogen and oxygen atoms in total. The molecule has 1 aromatic heterocycles. The number of nitrogens with zero attached hydrogens (tertiary/aromatic N) is 1. The van der Waals surface area contributed by atoms with Crippen molar-refractivity contribution in [2.45, 2.75) is 6.92 Å². The number of aromatic nitrogens is 1. The zero-order chi connectivity index (χ0) is 17.3. The Hall–Kier alpha value is -2.30. The van der Waals surface area contributed by atoms with Crippen LogP contribution in [0.4, 0.5) is 5.69 Å². The van der Waals surface area contributed by atoms with Gasteiger partial charge in [-0.1, -0.05) is 23.2 Å². The van der Waals surface area contributed by atoms with Gasteiger partial charge < -0.3 is 10.1 Å². The van der Waals surface area contributed by atoms with Crippen molar-refractivity contribution in [1.82, 2.24) is 4.98 Å². The topological polar surface area (TPSA) is 51.2 Å². The van der Waals surface area contributed by atoms with Crippen LogP contribution in [0, 0.1) is 6.92 Å². The van der Waals surface area contributed by atoms with E-state index in [0.29, 0.717) is 27.0 Å². The summed E-state index contributed by atoms with van der Waals surface area (Å²) >= 11 is 11.9. The summed E-state index contributed by atoms with van der Waals surface area (Å²) in [6.07, 6.45) is 0. The number of nitrogens with one attached hydrogen (secondary N) is 1. The minimum Gasteiger partial charge on any atom is -0.497 e. The maximum Gasteiger partial charge on any atom is 0.257 e. The number of halogens is 2. The highest BCUT2D eigenvalue weighted by molar-refractivity contribution is 6.35. The molecule has 3 aromatic rings. The standard InChI is InChI=1S/C18H14Cl2N2O2/c1-10-16(5-11-3-4-15(24-2)9-17(11)21-10)18(23)22-14-7-12(19)6-13(20)8-14/h3-9H,1-2H3,(H,22,23). The van der Waals surface area contributed by atoms with Gasteiger partial charge in [0.05, 0.1) is 23.9 Å². The van der Waals surface area contributed by atoms with Crippen molar-refractivity contribution in [3.8, 4) is 5.75 Å². The minimum absolute atomic E-state index is 0.268. The molecule has 24 heavy (non-hydrogen) atoms. The number of aryl methyl sites for hydroxylation is 1. The molecule has 0 atom stereocenters. The lowest BCUT2D eigenvalue weighted by atomic mass is 10.1. The first-order valence-corrected chi connectivity index (χ1v) is 7.95. The first-order chi connectivity index (χ1) is 11.5. The molecule has 0 unspecified atom stereocenters. The van der Waals surface area contributed by atoms with Crippen molar-refractivity contribution in [1.29, 1.82) is 0 Å². The molecule has 0 fully saturated rings. The van der Waals surface area contributed by atoms with Crippen LogP contribution in [-0.4, -0.2) is 18.0 Å². The van der Waals surface area contributed by atoms with E-state index < -0.39 is 0 Å². The molecule has 0 aliphatic rings. The number of carbonyl (C=O) groups excluding carboxylic acids is 1. The van der Waals surface area contributed by atoms with E-state index in [1.54, 1.807) is 38.3 Å². The highest BCUT2D eigenvalue weighted by atomic mass is 35.5. The molecule has 2 aromatic carbocycles. The number of pyridine rings is 1. The van der Waals surface area contributed by atoms with Gasteiger partial charge in [-0.25, -0.2) is 0 Å². The molecule has 3 rings (SSSR count). The van der Waals surface area contributed by atoms with Gasteiger partial charge >= 0.3 is 0 Å². The second-order valence-electron chi connectivity index (χ2n) is 5.29. The highest BCUT2D eigenvalue weighted by Gasteiger charge is 2.13. The van der Waals surface area contributed by atoms with E-state index in [2.05, 4.69) is 10.3 Å². The molecule has 0 bridgehead atoms. The number of hydrogen-bond acceptors (Lipinski definition) is 3. The Morgan fingerprint density at radius 3 is 2.46 bits per heavy atom. The number of rotatable bonds is 3. The highest BCUT2D eigenvalue weighted by Crippen LogP contribution is 2.25. The van der Waals surface area contributed by atoms with Crippen LogP contribution in [0.15, 0.2) is 42.5 Å². The van der Waals surface area contributed by atoms with Crippen LogP contribution in [0.1, 0.15) is 16.1 Å². The van der Waals surface area contributed by atoms with E-state index in [4.69, 9.17) is 27.9 Å². The van der Waals surface area contributed by atoms with E-state index in [9.17, 15) is 4.79 Å². The number of fused-ring (bicyclic) bond motifs is 1. The maximum atomic E-state index is 12.6. The lowest BCUT2D eigenvalue weighted by molar-refractivity contribution is 0.102. The number of benzene rings is 2. The van der Waals surface area contributed by atoms with Crippen LogP contribution in [0.2, 0.25) is 10.0 Å². The first-order valence-electron chi connectivity index (χ1n) is 7.19. The Kier molecular flexibility index (Phi) is 4.60. The van der Waals surface area contributed by atoms with E-state index in [0.717, 1.165) is 16.7 Å². The summed E-state index contributed by atoms with van der Waals surface area (Å²) in [5, 5.41) is 4.57. The molecular weight excluding hydrogens is 347 g/mol. The van der Waals surface area contributed by atoms with E-state index in [-0.39, 0.29) is 5.91 Å². The number of ether oxygens (including phenoxy) is 1. The zero-order valence-electron chi connectivity index (χ0n) is 13.1. The predicted molar refractivity (Wildman–Crippen MR) is 97.4 cm³/mol. The summed E-state index contributed by atoms with van der Waals surface area (Å²) in [6, 6.07) is 12.2. The second kappa shape index (κ2) is 6.67. The molecule has 0 saturated heterocycles. The molecule has 1 amide bonds. The van der Waals surface area contributed by atoms with Crippen LogP contribution < -0.4 is 10.1 Å². The van der Waals surface area contributed by atoms with Crippen molar-refractivity contribution < 1.29 is 9.53 Å². The Labute approximate surface area is 149 Å². The van der Waals surface area contributed by atoms with Crippen molar-refractivity contribution in [3.05, 3.63) is 63.8 Å². The third-order valence-electron chi connectivity index (χ3n) is 3.58. The van der Waals surface area contributed by atoms with Crippen LogP contribution in [0.3, 0.4) is 0 Å². The van der Waals surface area contributed by atoms with Crippen LogP contribution >= 0.6 is 23.2 Å². The molecule has 6 heteroatoms. The van der Waals surface area contributed by atoms with Crippen LogP contribution in [0.5, 0.6) is 5.75 Å². The first kappa shape index (κ1) is 16.6. The lowest BCUT2D eigenvalue weighted by Crippen LogP contribution is -2.14. The summed E-state index contributed by atoms with van der Waals surface area (Å²) in [5.74, 6) is 0.455. The Balaban J connectivity index is 1.95. The van der Waals surface area contributed by atoms with Crippen LogP contribution in [0.25, 0.3) is 10.9 Å². The van der Waals surface area contributed by atoms with E-state index in [1.807, 2.05) is 18.2 Å². The van der Waals surface area contributed by atoms with Gasteiger partial charge in [-0.3, -0.25) is 9.78 Å². The zero-order valence-corrected chi connectivity index (χ0v) is 14.6. The summed E-state index contributed by atoms with van der Waals surface area (Å²) < 4.78 is 5.20. The Morgan fingerprint density at radius 1 is 1.08 bits per heavy atom. The monoisotopic (exact) mass is 360 g/mol. The molecule has 1 N–H and O–H groups in total. The fraction of sp³-hybridized carbons (Fsp3) is 0.111. The Morgan fingerprint density at radius 2 is 1.79 bits per heavy atom. The number of hydrogen-bond donors (Lipinski definition) is 1. The van der Waals surface area contributed by atoms with Crippen LogP contribution in [-0.2, 0) is 0 Å². The van der Waals surface area contributed by atoms with Crippen molar-refractivity contribution >= 4 is 45.7 Å². The summed E-state index contributed by atoms with van der Waals surface area (Å²) in [7, 11) is 1.60. The third-order valence-corrected chi connectivity index (χ3v) is 4.02. The van der Waals surface area contributed by atoms with Crippen molar-refractivity contribution in [2.24, 2.45) is 0 Å². The third kappa shape index (κ3) is 3.45. The quantitative estimate of drug-likeness (QED) is 0.705. The van der Waals surface area contributed by atoms with E-state index in [1.165, 1.54) is 0 Å². The average Bonchev–Trinajstić information content (AvgIpc) is 2.52. The molecule has 0 aliphatic heterocycles. The van der Waals surface area contributed by atoms with Crippen molar-refractivity contribution in [3.63, 3.8) is 0 Å². The maximum absolute atomic E-state index is 12.6. The largest absolute Gasteiger partial charge is 0.497 e. The normalized spacial score (nSPS) is 10.7. The second-order valence-corrected chi connectivity index (χ2v) is 6.17. The average molecular weight is 361 g/mol. The van der Waals surface area contributed by atoms with Gasteiger partial charge in [0.25, 0.3) is 5.91 Å². The summed E-state index contributed by atoms with van der Waals surface area (Å²) in [5.41, 5.74) is 2.42. The fourth-order valence-corrected chi connectivity index (χ4v) is 2.95. The minimum atomic E-state index is -0.268. The van der Waals surface area contributed by atoms with Gasteiger partial charge in [0, 0.05) is 27.2 Å². The number of amides is 1. The van der Waals surface area contributed by atoms with Gasteiger partial charge in [-0.2, -0.15) is 0 Å². The molecule has 1 heterocycles. The SMILES string of the molecule is COc1ccc2cc(C(=O)Nc3cc(Cl)cc(Cl)c3)c(C)nc2c1. The molecule has 0 radical (unpaired) electrons. The smallest absolute Gasteiger partial charge is 0.257 e. The molecule has 122 valence electrons. The lowest BCUT2D eigenvalue weighted by Gasteiger charge is -2.10. The molecular formula is C18H14Cl2N2O2. The summed E-state index contributed by atoms with van der Waals surface area (Å²) in [6.45, 7) is 1.79. The van der Waals surface area contributed by atoms with Gasteiger partial charge in [-0.05, 0) is 43.3 Å². The summed E-state index contributed by atoms with van der Waals surface area (Å²) in [4.78, 5) is 17.1. The van der Waals surface area contributed by atoms with Gasteiger partial charge in [0.15, 0.2) is 0 Å². The van der Waals surface area contributed by atoms with E-state index >= 15 is 0 Å².